The first-order valence-corrected chi connectivity index (χ1v) is 12.2. The number of rotatable bonds is 6. The molecule has 2 N–H and O–H groups in total. The van der Waals surface area contributed by atoms with Crippen LogP contribution in [0.4, 0.5) is 8.78 Å². The average Bonchev–Trinajstić information content (AvgIpc) is 3.52. The highest BCUT2D eigenvalue weighted by molar-refractivity contribution is 6.00. The molecule has 36 heavy (non-hydrogen) atoms. The maximum Gasteiger partial charge on any atom is 0.329 e. The molecule has 9 heteroatoms. The van der Waals surface area contributed by atoms with Gasteiger partial charge >= 0.3 is 5.97 Å². The van der Waals surface area contributed by atoms with Crippen LogP contribution in [0.25, 0.3) is 16.7 Å². The first-order valence-electron chi connectivity index (χ1n) is 12.2. The molecule has 0 spiro atoms. The lowest BCUT2D eigenvalue weighted by molar-refractivity contribution is -0.140. The number of ketones is 1. The standard InChI is InChI=1S/C27H27F2N3O4/c28-27(29)10-2-1-3-17(8-11-27)22(33)20-15-19-9-14-32(23(19)30-16-20)21-6-4-18(5-7-21)24(34)31-26(12-13-26)25(35)36/h4-7,9,14-17H,1-3,8,10-13H2,(H,31,34)(H,35,36). The van der Waals surface area contributed by atoms with Crippen molar-refractivity contribution in [2.45, 2.75) is 62.8 Å². The Kier molecular flexibility index (Phi) is 6.10. The van der Waals surface area contributed by atoms with Crippen molar-refractivity contribution in [2.24, 2.45) is 5.92 Å². The predicted octanol–water partition coefficient (Wildman–Crippen LogP) is 5.16. The number of aliphatic carboxylic acids is 1. The van der Waals surface area contributed by atoms with Crippen molar-refractivity contribution in [2.75, 3.05) is 0 Å². The van der Waals surface area contributed by atoms with E-state index in [-0.39, 0.29) is 25.0 Å². The van der Waals surface area contributed by atoms with Crippen molar-refractivity contribution in [1.29, 1.82) is 0 Å². The van der Waals surface area contributed by atoms with Crippen LogP contribution in [0.5, 0.6) is 0 Å². The third-order valence-electron chi connectivity index (χ3n) is 7.31. The van der Waals surface area contributed by atoms with Crippen LogP contribution in [0.2, 0.25) is 0 Å². The van der Waals surface area contributed by atoms with Crippen LogP contribution in [0.15, 0.2) is 48.8 Å². The predicted molar refractivity (Wildman–Crippen MR) is 129 cm³/mol. The lowest BCUT2D eigenvalue weighted by Gasteiger charge is -2.24. The summed E-state index contributed by atoms with van der Waals surface area (Å²) in [6, 6.07) is 10.3. The molecular formula is C27H27F2N3O4. The number of carboxylic acid groups (broad SMARTS) is 1. The molecule has 0 aliphatic heterocycles. The Labute approximate surface area is 206 Å². The SMILES string of the molecule is O=C(NC1(C(=O)O)CC1)c1ccc(-n2ccc3cc(C(=O)C4CCCCC(F)(F)CC4)cnc32)cc1. The van der Waals surface area contributed by atoms with Gasteiger partial charge in [0.1, 0.15) is 11.2 Å². The van der Waals surface area contributed by atoms with E-state index in [1.807, 2.05) is 10.6 Å². The van der Waals surface area contributed by atoms with Crippen molar-refractivity contribution < 1.29 is 28.3 Å². The summed E-state index contributed by atoms with van der Waals surface area (Å²) in [4.78, 5) is 41.3. The van der Waals surface area contributed by atoms with Crippen LogP contribution >= 0.6 is 0 Å². The van der Waals surface area contributed by atoms with E-state index < -0.39 is 29.3 Å². The van der Waals surface area contributed by atoms with Gasteiger partial charge in [-0.2, -0.15) is 0 Å². The Morgan fingerprint density at radius 2 is 1.72 bits per heavy atom. The summed E-state index contributed by atoms with van der Waals surface area (Å²) in [5.41, 5.74) is 0.995. The minimum atomic E-state index is -2.70. The molecule has 2 saturated carbocycles. The van der Waals surface area contributed by atoms with Crippen LogP contribution in [-0.4, -0.2) is 43.8 Å². The van der Waals surface area contributed by atoms with E-state index >= 15 is 0 Å². The summed E-state index contributed by atoms with van der Waals surface area (Å²) in [7, 11) is 0. The zero-order chi connectivity index (χ0) is 25.5. The van der Waals surface area contributed by atoms with Crippen molar-refractivity contribution >= 4 is 28.7 Å². The largest absolute Gasteiger partial charge is 0.480 e. The van der Waals surface area contributed by atoms with E-state index in [1.165, 1.54) is 6.20 Å². The van der Waals surface area contributed by atoms with Gasteiger partial charge in [-0.1, -0.05) is 6.42 Å². The number of benzene rings is 1. The van der Waals surface area contributed by atoms with Crippen molar-refractivity contribution in [3.63, 3.8) is 0 Å². The molecule has 2 aliphatic rings. The lowest BCUT2D eigenvalue weighted by atomic mass is 9.85. The maximum absolute atomic E-state index is 13.9. The van der Waals surface area contributed by atoms with Crippen molar-refractivity contribution in [1.82, 2.24) is 14.9 Å². The molecule has 3 aromatic rings. The number of hydrogen-bond donors (Lipinski definition) is 2. The number of hydrogen-bond acceptors (Lipinski definition) is 4. The number of pyridine rings is 1. The van der Waals surface area contributed by atoms with Gasteiger partial charge in [0.05, 0.1) is 0 Å². The monoisotopic (exact) mass is 495 g/mol. The first kappa shape index (κ1) is 24.1. The molecule has 7 nitrogen and oxygen atoms in total. The second-order valence-corrected chi connectivity index (χ2v) is 9.91. The number of aromatic nitrogens is 2. The summed E-state index contributed by atoms with van der Waals surface area (Å²) >= 11 is 0. The number of carbonyl (C=O) groups is 3. The molecule has 2 fully saturated rings. The van der Waals surface area contributed by atoms with E-state index in [4.69, 9.17) is 0 Å². The summed E-state index contributed by atoms with van der Waals surface area (Å²) < 4.78 is 29.5. The van der Waals surface area contributed by atoms with Crippen LogP contribution < -0.4 is 5.32 Å². The van der Waals surface area contributed by atoms with Crippen LogP contribution in [0.3, 0.4) is 0 Å². The van der Waals surface area contributed by atoms with Crippen LogP contribution in [0, 0.1) is 5.92 Å². The van der Waals surface area contributed by atoms with Gasteiger partial charge in [0, 0.05) is 53.4 Å². The second kappa shape index (κ2) is 9.11. The molecule has 5 rings (SSSR count). The quantitative estimate of drug-likeness (QED) is 0.460. The van der Waals surface area contributed by atoms with Crippen LogP contribution in [0.1, 0.15) is 72.1 Å². The summed E-state index contributed by atoms with van der Waals surface area (Å²) in [6.07, 6.45) is 5.61. The fraction of sp³-hybridized carbons (Fsp3) is 0.407. The Balaban J connectivity index is 1.32. The van der Waals surface area contributed by atoms with Gasteiger partial charge in [0.15, 0.2) is 5.78 Å². The lowest BCUT2D eigenvalue weighted by Crippen LogP contribution is -2.43. The minimum absolute atomic E-state index is 0.107. The average molecular weight is 496 g/mol. The molecule has 188 valence electrons. The Morgan fingerprint density at radius 3 is 2.42 bits per heavy atom. The first-order chi connectivity index (χ1) is 17.2. The van der Waals surface area contributed by atoms with Crippen molar-refractivity contribution in [3.05, 3.63) is 59.9 Å². The van der Waals surface area contributed by atoms with Gasteiger partial charge in [-0.05, 0) is 68.5 Å². The number of nitrogens with one attached hydrogen (secondary N) is 1. The molecule has 2 heterocycles. The van der Waals surface area contributed by atoms with Gasteiger partial charge < -0.3 is 15.0 Å². The van der Waals surface area contributed by atoms with Crippen molar-refractivity contribution in [3.8, 4) is 5.69 Å². The zero-order valence-electron chi connectivity index (χ0n) is 19.7. The number of nitrogens with zero attached hydrogens (tertiary/aromatic N) is 2. The molecule has 2 aromatic heterocycles. The maximum atomic E-state index is 13.9. The number of carboxylic acids is 1. The molecule has 1 amide bonds. The molecule has 1 aromatic carbocycles. The van der Waals surface area contributed by atoms with E-state index in [2.05, 4.69) is 10.3 Å². The topological polar surface area (TPSA) is 101 Å². The summed E-state index contributed by atoms with van der Waals surface area (Å²) in [6.45, 7) is 0. The molecule has 1 atom stereocenters. The highest BCUT2D eigenvalue weighted by atomic mass is 19.3. The zero-order valence-corrected chi connectivity index (χ0v) is 19.7. The number of fused-ring (bicyclic) bond motifs is 1. The van der Waals surface area contributed by atoms with Crippen LogP contribution in [-0.2, 0) is 4.79 Å². The molecule has 0 bridgehead atoms. The number of Topliss-reactive ketones (excluding diaryl/α,β-unsaturated/α-hetero) is 1. The second-order valence-electron chi connectivity index (χ2n) is 9.91. The smallest absolute Gasteiger partial charge is 0.329 e. The molecule has 1 unspecified atom stereocenters. The third-order valence-corrected chi connectivity index (χ3v) is 7.31. The van der Waals surface area contributed by atoms with Gasteiger partial charge in [-0.3, -0.25) is 9.59 Å². The third kappa shape index (κ3) is 4.74. The number of amides is 1. The molecular weight excluding hydrogens is 468 g/mol. The van der Waals surface area contributed by atoms with E-state index in [1.54, 1.807) is 36.5 Å². The fourth-order valence-electron chi connectivity index (χ4n) is 4.87. The fourth-order valence-corrected chi connectivity index (χ4v) is 4.87. The Bertz CT molecular complexity index is 1330. The van der Waals surface area contributed by atoms with E-state index in [0.29, 0.717) is 48.9 Å². The number of carbonyl (C=O) groups excluding carboxylic acids is 2. The van der Waals surface area contributed by atoms with Gasteiger partial charge in [-0.25, -0.2) is 18.6 Å². The van der Waals surface area contributed by atoms with Gasteiger partial charge in [-0.15, -0.1) is 0 Å². The van der Waals surface area contributed by atoms with E-state index in [9.17, 15) is 28.3 Å². The van der Waals surface area contributed by atoms with Gasteiger partial charge in [0.25, 0.3) is 5.91 Å². The summed E-state index contributed by atoms with van der Waals surface area (Å²) in [5, 5.41) is 12.6. The summed E-state index contributed by atoms with van der Waals surface area (Å²) in [5.74, 6) is -4.73. The minimum Gasteiger partial charge on any atom is -0.480 e. The number of halogens is 2. The molecule has 0 saturated heterocycles. The highest BCUT2D eigenvalue weighted by Crippen LogP contribution is 2.36. The van der Waals surface area contributed by atoms with E-state index in [0.717, 1.165) is 11.1 Å². The molecule has 2 aliphatic carbocycles. The Morgan fingerprint density at radius 1 is 0.972 bits per heavy atom. The van der Waals surface area contributed by atoms with Gasteiger partial charge in [0.2, 0.25) is 5.92 Å². The molecule has 0 radical (unpaired) electrons. The Hall–Kier alpha value is -3.62. The highest BCUT2D eigenvalue weighted by Gasteiger charge is 2.51. The normalized spacial score (nSPS) is 20.8. The number of alkyl halides is 2.